The minimum absolute atomic E-state index is 0.0296. The van der Waals surface area contributed by atoms with Gasteiger partial charge >= 0.3 is 0 Å². The van der Waals surface area contributed by atoms with E-state index in [0.29, 0.717) is 21.7 Å². The minimum Gasteiger partial charge on any atom is -0.334 e. The summed E-state index contributed by atoms with van der Waals surface area (Å²) in [6.45, 7) is 1.65. The van der Waals surface area contributed by atoms with Crippen LogP contribution < -0.4 is 10.6 Å². The van der Waals surface area contributed by atoms with Crippen molar-refractivity contribution < 1.29 is 30.5 Å². The van der Waals surface area contributed by atoms with Crippen LogP contribution in [0, 0.1) is 12.7 Å². The van der Waals surface area contributed by atoms with Crippen LogP contribution in [-0.4, -0.2) is 50.9 Å². The topological polar surface area (TPSA) is 154 Å². The first-order valence-electron chi connectivity index (χ1n) is 11.8. The number of aromatic nitrogens is 2. The Kier molecular flexibility index (Phi) is 7.03. The van der Waals surface area contributed by atoms with Crippen LogP contribution in [0.2, 0.25) is 5.02 Å². The Labute approximate surface area is 234 Å². The Hall–Kier alpha value is -3.65. The largest absolute Gasteiger partial charge is 0.334 e. The summed E-state index contributed by atoms with van der Waals surface area (Å²) in [5.74, 6) is -2.64. The quantitative estimate of drug-likeness (QED) is 0.360. The van der Waals surface area contributed by atoms with Gasteiger partial charge < -0.3 is 15.2 Å². The summed E-state index contributed by atoms with van der Waals surface area (Å²) < 4.78 is 71.0. The maximum absolute atomic E-state index is 15.4. The molecule has 4 aromatic rings. The highest BCUT2D eigenvalue weighted by molar-refractivity contribution is 7.91. The summed E-state index contributed by atoms with van der Waals surface area (Å²) in [5, 5.41) is 4.32. The third-order valence-electron chi connectivity index (χ3n) is 6.45. The normalized spacial score (nSPS) is 17.0. The van der Waals surface area contributed by atoms with Gasteiger partial charge in [-0.2, -0.15) is 4.98 Å². The molecule has 0 bridgehead atoms. The van der Waals surface area contributed by atoms with E-state index in [4.69, 9.17) is 21.9 Å². The SMILES string of the molecule is Cc1ccc(S(C)(=O)=O)cc1-c1nc(-c2cc3c(cc2F)S(=O)(=O)C[C@H](N)C(=O)N3Cc2ccc(Cl)cc2)no1. The smallest absolute Gasteiger partial charge is 0.258 e. The number of amides is 1. The van der Waals surface area contributed by atoms with Crippen molar-refractivity contribution in [3.05, 3.63) is 76.6 Å². The zero-order valence-electron chi connectivity index (χ0n) is 21.1. The number of hydrogen-bond acceptors (Lipinski definition) is 9. The molecule has 1 atom stereocenters. The van der Waals surface area contributed by atoms with Crippen LogP contribution in [0.15, 0.2) is 68.9 Å². The molecule has 3 aromatic carbocycles. The van der Waals surface area contributed by atoms with Crippen LogP contribution in [0.4, 0.5) is 10.1 Å². The highest BCUT2D eigenvalue weighted by atomic mass is 35.5. The molecule has 14 heteroatoms. The van der Waals surface area contributed by atoms with Gasteiger partial charge in [0.05, 0.1) is 39.4 Å². The second-order valence-corrected chi connectivity index (χ2v) is 13.9. The fourth-order valence-electron chi connectivity index (χ4n) is 4.33. The van der Waals surface area contributed by atoms with E-state index < -0.39 is 48.1 Å². The molecule has 0 radical (unpaired) electrons. The van der Waals surface area contributed by atoms with Crippen molar-refractivity contribution in [3.63, 3.8) is 0 Å². The third-order valence-corrected chi connectivity index (χ3v) is 9.60. The van der Waals surface area contributed by atoms with Crippen LogP contribution in [0.1, 0.15) is 11.1 Å². The van der Waals surface area contributed by atoms with Crippen molar-refractivity contribution in [1.29, 1.82) is 0 Å². The number of hydrogen-bond donors (Lipinski definition) is 1. The van der Waals surface area contributed by atoms with Gasteiger partial charge in [0.25, 0.3) is 5.89 Å². The number of nitrogens with zero attached hydrogens (tertiary/aromatic N) is 3. The van der Waals surface area contributed by atoms with Gasteiger partial charge in [-0.25, -0.2) is 21.2 Å². The molecule has 0 fully saturated rings. The molecule has 10 nitrogen and oxygen atoms in total. The minimum atomic E-state index is -4.15. The van der Waals surface area contributed by atoms with E-state index in [1.54, 1.807) is 37.3 Å². The second-order valence-electron chi connectivity index (χ2n) is 9.41. The van der Waals surface area contributed by atoms with E-state index in [1.165, 1.54) is 23.1 Å². The Morgan fingerprint density at radius 1 is 1.12 bits per heavy atom. The number of anilines is 1. The second kappa shape index (κ2) is 10.1. The predicted molar refractivity (Wildman–Crippen MR) is 146 cm³/mol. The molecule has 1 aliphatic rings. The zero-order valence-corrected chi connectivity index (χ0v) is 23.5. The van der Waals surface area contributed by atoms with E-state index in [0.717, 1.165) is 12.3 Å². The summed E-state index contributed by atoms with van der Waals surface area (Å²) >= 11 is 5.97. The standard InChI is InChI=1S/C26H22ClFN4O6S2/c1-14-3-8-17(39(2,34)35)9-18(14)25-30-24(31-38-25)19-10-22-23(11-20(19)28)40(36,37)13-21(29)26(33)32(22)12-15-4-6-16(27)7-5-15/h3-11,21H,12-13,29H2,1-2H3/t21-/m0/s1. The van der Waals surface area contributed by atoms with Gasteiger partial charge in [-0.05, 0) is 54.4 Å². The monoisotopic (exact) mass is 604 g/mol. The fourth-order valence-corrected chi connectivity index (χ4v) is 6.67. The number of carbonyl (C=O) groups excluding carboxylic acids is 1. The molecule has 40 heavy (non-hydrogen) atoms. The summed E-state index contributed by atoms with van der Waals surface area (Å²) in [6.07, 6.45) is 1.06. The molecular weight excluding hydrogens is 583 g/mol. The van der Waals surface area contributed by atoms with Gasteiger partial charge in [0, 0.05) is 16.8 Å². The van der Waals surface area contributed by atoms with Crippen molar-refractivity contribution in [1.82, 2.24) is 10.1 Å². The molecule has 0 unspecified atom stereocenters. The predicted octanol–water partition coefficient (Wildman–Crippen LogP) is 3.56. The molecule has 0 saturated carbocycles. The van der Waals surface area contributed by atoms with Crippen molar-refractivity contribution >= 4 is 42.9 Å². The van der Waals surface area contributed by atoms with E-state index in [1.807, 2.05) is 0 Å². The van der Waals surface area contributed by atoms with E-state index in [2.05, 4.69) is 10.1 Å². The van der Waals surface area contributed by atoms with E-state index in [-0.39, 0.29) is 34.4 Å². The lowest BCUT2D eigenvalue weighted by Crippen LogP contribution is -2.45. The van der Waals surface area contributed by atoms with Gasteiger partial charge in [0.15, 0.2) is 19.7 Å². The molecule has 2 N–H and O–H groups in total. The molecule has 208 valence electrons. The highest BCUT2D eigenvalue weighted by Crippen LogP contribution is 2.37. The van der Waals surface area contributed by atoms with Crippen molar-refractivity contribution in [2.24, 2.45) is 5.73 Å². The first-order valence-corrected chi connectivity index (χ1v) is 15.7. The lowest BCUT2D eigenvalue weighted by molar-refractivity contribution is -0.119. The molecule has 1 aliphatic heterocycles. The van der Waals surface area contributed by atoms with Crippen molar-refractivity contribution in [2.75, 3.05) is 16.9 Å². The molecule has 2 heterocycles. The van der Waals surface area contributed by atoms with Gasteiger partial charge in [0.1, 0.15) is 5.82 Å². The number of nitrogens with two attached hydrogens (primary N) is 1. The Morgan fingerprint density at radius 3 is 2.50 bits per heavy atom. The summed E-state index contributed by atoms with van der Waals surface area (Å²) in [5.41, 5.74) is 7.20. The number of rotatable bonds is 5. The Bertz CT molecular complexity index is 1880. The number of sulfone groups is 2. The van der Waals surface area contributed by atoms with Gasteiger partial charge in [-0.15, -0.1) is 0 Å². The molecular formula is C26H22ClFN4O6S2. The highest BCUT2D eigenvalue weighted by Gasteiger charge is 2.37. The van der Waals surface area contributed by atoms with Crippen LogP contribution in [0.25, 0.3) is 22.8 Å². The lowest BCUT2D eigenvalue weighted by Gasteiger charge is -2.24. The maximum atomic E-state index is 15.4. The number of carbonyl (C=O) groups is 1. The molecule has 1 amide bonds. The number of halogens is 2. The van der Waals surface area contributed by atoms with E-state index in [9.17, 15) is 21.6 Å². The number of benzene rings is 3. The summed E-state index contributed by atoms with van der Waals surface area (Å²) in [4.78, 5) is 18.3. The van der Waals surface area contributed by atoms with E-state index >= 15 is 4.39 Å². The summed E-state index contributed by atoms with van der Waals surface area (Å²) in [6, 6.07) is 11.6. The van der Waals surface area contributed by atoms with Gasteiger partial charge in [0.2, 0.25) is 11.7 Å². The summed E-state index contributed by atoms with van der Waals surface area (Å²) in [7, 11) is -7.68. The fraction of sp³-hybridized carbons (Fsp3) is 0.192. The molecule has 0 saturated heterocycles. The van der Waals surface area contributed by atoms with Crippen molar-refractivity contribution in [3.8, 4) is 22.8 Å². The molecule has 0 aliphatic carbocycles. The Morgan fingerprint density at radius 2 is 1.82 bits per heavy atom. The van der Waals surface area contributed by atoms with Crippen LogP contribution in [0.3, 0.4) is 0 Å². The van der Waals surface area contributed by atoms with Gasteiger partial charge in [-0.3, -0.25) is 4.79 Å². The lowest BCUT2D eigenvalue weighted by atomic mass is 10.1. The number of aryl methyl sites for hydroxylation is 1. The first kappa shape index (κ1) is 27.9. The first-order chi connectivity index (χ1) is 18.7. The van der Waals surface area contributed by atoms with Crippen molar-refractivity contribution in [2.45, 2.75) is 29.3 Å². The van der Waals surface area contributed by atoms with Crippen LogP contribution in [-0.2, 0) is 31.0 Å². The average Bonchev–Trinajstić information content (AvgIpc) is 3.35. The average molecular weight is 605 g/mol. The Balaban J connectivity index is 1.64. The third kappa shape index (κ3) is 5.24. The maximum Gasteiger partial charge on any atom is 0.258 e. The van der Waals surface area contributed by atoms with Gasteiger partial charge in [-0.1, -0.05) is 35.0 Å². The van der Waals surface area contributed by atoms with Crippen LogP contribution >= 0.6 is 11.6 Å². The molecule has 5 rings (SSSR count). The number of fused-ring (bicyclic) bond motifs is 1. The van der Waals surface area contributed by atoms with Crippen LogP contribution in [0.5, 0.6) is 0 Å². The molecule has 1 aromatic heterocycles. The molecule has 0 spiro atoms. The zero-order chi connectivity index (χ0) is 29.0.